The molecule has 0 spiro atoms. The van der Waals surface area contributed by atoms with Crippen molar-refractivity contribution in [3.8, 4) is 11.5 Å². The predicted molar refractivity (Wildman–Crippen MR) is 116 cm³/mol. The third kappa shape index (κ3) is 4.46. The monoisotopic (exact) mass is 432 g/mol. The summed E-state index contributed by atoms with van der Waals surface area (Å²) >= 11 is 11.4. The Hall–Kier alpha value is -2.77. The van der Waals surface area contributed by atoms with Crippen molar-refractivity contribution in [2.24, 2.45) is 0 Å². The molecule has 0 aromatic heterocycles. The summed E-state index contributed by atoms with van der Waals surface area (Å²) in [7, 11) is 2.92. The van der Waals surface area contributed by atoms with E-state index >= 15 is 0 Å². The Morgan fingerprint density at radius 1 is 1.14 bits per heavy atom. The molecule has 0 bridgehead atoms. The van der Waals surface area contributed by atoms with Gasteiger partial charge in [0, 0.05) is 5.02 Å². The molecule has 29 heavy (non-hydrogen) atoms. The molecule has 1 heterocycles. The van der Waals surface area contributed by atoms with Crippen molar-refractivity contribution >= 4 is 40.6 Å². The highest BCUT2D eigenvalue weighted by atomic mass is 35.5. The molecule has 0 aliphatic carbocycles. The number of halogens is 1. The number of benzene rings is 2. The van der Waals surface area contributed by atoms with Gasteiger partial charge in [0.05, 0.1) is 38.1 Å². The van der Waals surface area contributed by atoms with Gasteiger partial charge < -0.3 is 24.8 Å². The molecule has 6 nitrogen and oxygen atoms in total. The number of carbonyl (C=O) groups excluding carboxylic acids is 1. The van der Waals surface area contributed by atoms with Crippen LogP contribution in [-0.4, -0.2) is 31.9 Å². The van der Waals surface area contributed by atoms with E-state index in [9.17, 15) is 4.79 Å². The fourth-order valence-electron chi connectivity index (χ4n) is 3.13. The zero-order valence-corrected chi connectivity index (χ0v) is 17.8. The molecule has 0 saturated heterocycles. The zero-order valence-electron chi connectivity index (χ0n) is 16.2. The van der Waals surface area contributed by atoms with E-state index in [1.807, 2.05) is 31.2 Å². The first kappa shape index (κ1) is 21.0. The van der Waals surface area contributed by atoms with Gasteiger partial charge in [0.15, 0.2) is 16.6 Å². The largest absolute Gasteiger partial charge is 0.493 e. The molecule has 152 valence electrons. The van der Waals surface area contributed by atoms with Crippen LogP contribution >= 0.6 is 23.8 Å². The number of methoxy groups -OCH3 is 2. The highest BCUT2D eigenvalue weighted by Crippen LogP contribution is 2.36. The summed E-state index contributed by atoms with van der Waals surface area (Å²) in [5.74, 6) is 0.709. The van der Waals surface area contributed by atoms with Crippen molar-refractivity contribution < 1.29 is 19.0 Å². The summed E-state index contributed by atoms with van der Waals surface area (Å²) in [5.41, 5.74) is 2.51. The number of hydrogen-bond acceptors (Lipinski definition) is 5. The lowest BCUT2D eigenvalue weighted by Gasteiger charge is -2.31. The number of esters is 1. The average Bonchev–Trinajstić information content (AvgIpc) is 2.73. The maximum atomic E-state index is 12.8. The molecule has 1 atom stereocenters. The number of rotatable bonds is 6. The van der Waals surface area contributed by atoms with Gasteiger partial charge in [-0.3, -0.25) is 0 Å². The first-order valence-electron chi connectivity index (χ1n) is 8.95. The minimum absolute atomic E-state index is 0.390. The van der Waals surface area contributed by atoms with Crippen LogP contribution in [-0.2, 0) is 9.53 Å². The minimum Gasteiger partial charge on any atom is -0.493 e. The van der Waals surface area contributed by atoms with Crippen molar-refractivity contribution in [1.29, 1.82) is 0 Å². The van der Waals surface area contributed by atoms with Gasteiger partial charge in [-0.25, -0.2) is 4.79 Å². The van der Waals surface area contributed by atoms with E-state index < -0.39 is 12.0 Å². The molecule has 0 radical (unpaired) electrons. The second-order valence-electron chi connectivity index (χ2n) is 6.16. The van der Waals surface area contributed by atoms with E-state index in [1.165, 1.54) is 7.11 Å². The van der Waals surface area contributed by atoms with E-state index in [4.69, 9.17) is 38.0 Å². The average molecular weight is 433 g/mol. The van der Waals surface area contributed by atoms with Crippen LogP contribution in [0.5, 0.6) is 11.5 Å². The van der Waals surface area contributed by atoms with Crippen LogP contribution in [0.3, 0.4) is 0 Å². The van der Waals surface area contributed by atoms with Crippen molar-refractivity contribution in [2.75, 3.05) is 20.8 Å². The Morgan fingerprint density at radius 3 is 2.48 bits per heavy atom. The molecule has 0 fully saturated rings. The predicted octanol–water partition coefficient (Wildman–Crippen LogP) is 3.85. The quantitative estimate of drug-likeness (QED) is 0.530. The van der Waals surface area contributed by atoms with Crippen LogP contribution in [0.15, 0.2) is 48.0 Å². The Bertz CT molecular complexity index is 960. The molecular formula is C21H21ClN2O4S. The van der Waals surface area contributed by atoms with Gasteiger partial charge in [-0.1, -0.05) is 29.8 Å². The summed E-state index contributed by atoms with van der Waals surface area (Å²) in [6.07, 6.45) is 0. The summed E-state index contributed by atoms with van der Waals surface area (Å²) in [5, 5.41) is 7.22. The second kappa shape index (κ2) is 9.15. The molecule has 3 rings (SSSR count). The van der Waals surface area contributed by atoms with Crippen molar-refractivity contribution in [2.45, 2.75) is 13.0 Å². The fraction of sp³-hybridized carbons (Fsp3) is 0.238. The summed E-state index contributed by atoms with van der Waals surface area (Å²) < 4.78 is 16.1. The minimum atomic E-state index is -0.535. The lowest BCUT2D eigenvalue weighted by Crippen LogP contribution is -2.45. The number of thiocarbonyl (C=S) groups is 1. The SMILES string of the molecule is CCOc1cc(C2NC(=S)NC(c3ccc(Cl)cc3)=C2C(=O)OC)ccc1OC. The number of hydrogen-bond donors (Lipinski definition) is 2. The summed E-state index contributed by atoms with van der Waals surface area (Å²) in [6, 6.07) is 12.1. The molecule has 2 N–H and O–H groups in total. The molecule has 0 saturated carbocycles. The Morgan fingerprint density at radius 2 is 1.86 bits per heavy atom. The maximum Gasteiger partial charge on any atom is 0.338 e. The van der Waals surface area contributed by atoms with Crippen molar-refractivity contribution in [3.05, 3.63) is 64.2 Å². The lowest BCUT2D eigenvalue weighted by atomic mass is 9.92. The van der Waals surface area contributed by atoms with E-state index in [0.29, 0.717) is 39.5 Å². The van der Waals surface area contributed by atoms with Crippen molar-refractivity contribution in [3.63, 3.8) is 0 Å². The normalized spacial score (nSPS) is 16.0. The third-order valence-corrected chi connectivity index (χ3v) is 4.90. The number of carbonyl (C=O) groups is 1. The Labute approximate surface area is 179 Å². The summed E-state index contributed by atoms with van der Waals surface area (Å²) in [6.45, 7) is 2.37. The molecule has 2 aromatic rings. The molecule has 1 unspecified atom stereocenters. The third-order valence-electron chi connectivity index (χ3n) is 4.43. The van der Waals surface area contributed by atoms with E-state index in [0.717, 1.165) is 11.1 Å². The van der Waals surface area contributed by atoms with Crippen LogP contribution in [0.4, 0.5) is 0 Å². The van der Waals surface area contributed by atoms with Gasteiger partial charge in [0.1, 0.15) is 0 Å². The summed E-state index contributed by atoms with van der Waals surface area (Å²) in [4.78, 5) is 12.8. The van der Waals surface area contributed by atoms with Gasteiger partial charge in [-0.2, -0.15) is 0 Å². The molecule has 2 aromatic carbocycles. The van der Waals surface area contributed by atoms with E-state index in [2.05, 4.69) is 10.6 Å². The molecule has 8 heteroatoms. The lowest BCUT2D eigenvalue weighted by molar-refractivity contribution is -0.136. The first-order valence-corrected chi connectivity index (χ1v) is 9.73. The van der Waals surface area contributed by atoms with Crippen LogP contribution in [0, 0.1) is 0 Å². The van der Waals surface area contributed by atoms with Gasteiger partial charge in [0.25, 0.3) is 0 Å². The first-order chi connectivity index (χ1) is 14.0. The molecule has 0 amide bonds. The standard InChI is InChI=1S/C21H21ClN2O4S/c1-4-28-16-11-13(7-10-15(16)26-2)19-17(20(25)27-3)18(23-21(29)24-19)12-5-8-14(22)9-6-12/h5-11,19H,4H2,1-3H3,(H2,23,24,29). The molecule has 1 aliphatic rings. The van der Waals surface area contributed by atoms with Gasteiger partial charge in [0.2, 0.25) is 0 Å². The number of nitrogens with one attached hydrogen (secondary N) is 2. The maximum absolute atomic E-state index is 12.8. The van der Waals surface area contributed by atoms with Gasteiger partial charge in [-0.05, 0) is 54.5 Å². The molecule has 1 aliphatic heterocycles. The Balaban J connectivity index is 2.17. The molecular weight excluding hydrogens is 412 g/mol. The van der Waals surface area contributed by atoms with E-state index in [1.54, 1.807) is 25.3 Å². The second-order valence-corrected chi connectivity index (χ2v) is 7.01. The zero-order chi connectivity index (χ0) is 21.0. The van der Waals surface area contributed by atoms with Gasteiger partial charge >= 0.3 is 5.97 Å². The van der Waals surface area contributed by atoms with Gasteiger partial charge in [-0.15, -0.1) is 0 Å². The van der Waals surface area contributed by atoms with E-state index in [-0.39, 0.29) is 0 Å². The fourth-order valence-corrected chi connectivity index (χ4v) is 3.48. The number of ether oxygens (including phenoxy) is 3. The van der Waals surface area contributed by atoms with Crippen LogP contribution in [0.2, 0.25) is 5.02 Å². The highest BCUT2D eigenvalue weighted by molar-refractivity contribution is 7.80. The van der Waals surface area contributed by atoms with Crippen molar-refractivity contribution in [1.82, 2.24) is 10.6 Å². The smallest absolute Gasteiger partial charge is 0.338 e. The van der Waals surface area contributed by atoms with Crippen LogP contribution in [0.1, 0.15) is 24.1 Å². The highest BCUT2D eigenvalue weighted by Gasteiger charge is 2.33. The van der Waals surface area contributed by atoms with Crippen LogP contribution < -0.4 is 20.1 Å². The van der Waals surface area contributed by atoms with Crippen LogP contribution in [0.25, 0.3) is 5.70 Å². The topological polar surface area (TPSA) is 68.8 Å². The Kier molecular flexibility index (Phi) is 6.61.